The van der Waals surface area contributed by atoms with Crippen molar-refractivity contribution in [3.8, 4) is 11.1 Å². The van der Waals surface area contributed by atoms with Gasteiger partial charge in [-0.1, -0.05) is 59.8 Å². The van der Waals surface area contributed by atoms with Gasteiger partial charge in [0.15, 0.2) is 10.8 Å². The number of fused-ring (bicyclic) bond motifs is 4. The van der Waals surface area contributed by atoms with E-state index in [0.29, 0.717) is 17.0 Å². The summed E-state index contributed by atoms with van der Waals surface area (Å²) in [6.45, 7) is 6.19. The summed E-state index contributed by atoms with van der Waals surface area (Å²) in [5.41, 5.74) is 6.15. The molecule has 0 saturated carbocycles. The van der Waals surface area contributed by atoms with Gasteiger partial charge in [0.05, 0.1) is 16.7 Å². The molecule has 6 nitrogen and oxygen atoms in total. The van der Waals surface area contributed by atoms with Crippen molar-refractivity contribution in [2.75, 3.05) is 0 Å². The number of rotatable bonds is 4. The van der Waals surface area contributed by atoms with Gasteiger partial charge in [-0.25, -0.2) is 4.98 Å². The van der Waals surface area contributed by atoms with Gasteiger partial charge in [-0.3, -0.25) is 9.20 Å². The van der Waals surface area contributed by atoms with Gasteiger partial charge in [0, 0.05) is 15.8 Å². The SMILES string of the molecule is Cc1ccc(-c2c(C)sc3nc(CSc4nnc5cc(C)c6ccccc6n45)[nH]c(=O)c23)cc1. The van der Waals surface area contributed by atoms with Gasteiger partial charge in [0.2, 0.25) is 0 Å². The van der Waals surface area contributed by atoms with Crippen molar-refractivity contribution < 1.29 is 0 Å². The highest BCUT2D eigenvalue weighted by Crippen LogP contribution is 2.36. The van der Waals surface area contributed by atoms with Crippen LogP contribution in [0.2, 0.25) is 0 Å². The first-order chi connectivity index (χ1) is 16.5. The van der Waals surface area contributed by atoms with Gasteiger partial charge in [0.1, 0.15) is 10.7 Å². The predicted molar refractivity (Wildman–Crippen MR) is 140 cm³/mol. The van der Waals surface area contributed by atoms with Gasteiger partial charge in [-0.05, 0) is 44.0 Å². The maximum Gasteiger partial charge on any atom is 0.260 e. The van der Waals surface area contributed by atoms with E-state index in [-0.39, 0.29) is 5.56 Å². The van der Waals surface area contributed by atoms with Gasteiger partial charge in [-0.15, -0.1) is 21.5 Å². The molecule has 0 aliphatic heterocycles. The molecule has 34 heavy (non-hydrogen) atoms. The zero-order chi connectivity index (χ0) is 23.4. The van der Waals surface area contributed by atoms with Crippen LogP contribution < -0.4 is 5.56 Å². The fraction of sp³-hybridized carbons (Fsp3) is 0.154. The Labute approximate surface area is 203 Å². The fourth-order valence-electron chi connectivity index (χ4n) is 4.40. The molecule has 0 aliphatic rings. The van der Waals surface area contributed by atoms with Crippen LogP contribution in [0.1, 0.15) is 21.8 Å². The number of pyridine rings is 1. The van der Waals surface area contributed by atoms with E-state index >= 15 is 0 Å². The number of thioether (sulfide) groups is 1. The average molecular weight is 484 g/mol. The molecule has 0 amide bonds. The predicted octanol–water partition coefficient (Wildman–Crippen LogP) is 6.07. The molecule has 0 fully saturated rings. The molecule has 4 heterocycles. The topological polar surface area (TPSA) is 75.9 Å². The fourth-order valence-corrected chi connectivity index (χ4v) is 6.29. The number of para-hydroxylation sites is 1. The van der Waals surface area contributed by atoms with E-state index in [9.17, 15) is 4.79 Å². The quantitative estimate of drug-likeness (QED) is 0.308. The number of aromatic nitrogens is 5. The van der Waals surface area contributed by atoms with Gasteiger partial charge in [-0.2, -0.15) is 0 Å². The molecule has 8 heteroatoms. The Kier molecular flexibility index (Phi) is 5.00. The normalized spacial score (nSPS) is 11.7. The number of thiophene rings is 1. The highest BCUT2D eigenvalue weighted by Gasteiger charge is 2.18. The number of benzene rings is 2. The van der Waals surface area contributed by atoms with E-state index in [4.69, 9.17) is 4.98 Å². The van der Waals surface area contributed by atoms with Gasteiger partial charge >= 0.3 is 0 Å². The van der Waals surface area contributed by atoms with E-state index in [0.717, 1.165) is 37.2 Å². The molecule has 6 rings (SSSR count). The summed E-state index contributed by atoms with van der Waals surface area (Å²) in [6, 6.07) is 18.6. The van der Waals surface area contributed by atoms with Gasteiger partial charge in [0.25, 0.3) is 5.56 Å². The Morgan fingerprint density at radius 2 is 1.82 bits per heavy atom. The Bertz CT molecular complexity index is 1760. The van der Waals surface area contributed by atoms with Crippen molar-refractivity contribution in [3.05, 3.63) is 86.8 Å². The molecule has 4 aromatic heterocycles. The van der Waals surface area contributed by atoms with Crippen LogP contribution in [-0.2, 0) is 5.75 Å². The molecule has 0 saturated heterocycles. The van der Waals surface area contributed by atoms with E-state index < -0.39 is 0 Å². The van der Waals surface area contributed by atoms with Crippen LogP contribution >= 0.6 is 23.1 Å². The summed E-state index contributed by atoms with van der Waals surface area (Å²) >= 11 is 3.08. The minimum atomic E-state index is -0.104. The standard InChI is InChI=1S/C26H21N5OS2/c1-14-8-10-17(11-9-14)22-16(3)34-25-23(22)24(32)27-20(28-25)13-33-26-30-29-21-12-15(2)18-6-4-5-7-19(18)31(21)26/h4-12H,13H2,1-3H3,(H,27,28,32). The number of H-pyrrole nitrogens is 1. The Morgan fingerprint density at radius 1 is 1.03 bits per heavy atom. The second-order valence-electron chi connectivity index (χ2n) is 8.40. The lowest BCUT2D eigenvalue weighted by atomic mass is 10.0. The van der Waals surface area contributed by atoms with Crippen molar-refractivity contribution in [1.29, 1.82) is 0 Å². The van der Waals surface area contributed by atoms with E-state index in [2.05, 4.69) is 69.8 Å². The first-order valence-electron chi connectivity index (χ1n) is 11.0. The molecule has 0 radical (unpaired) electrons. The minimum Gasteiger partial charge on any atom is -0.309 e. The highest BCUT2D eigenvalue weighted by molar-refractivity contribution is 7.98. The van der Waals surface area contributed by atoms with Crippen LogP contribution in [0, 0.1) is 20.8 Å². The van der Waals surface area contributed by atoms with E-state index in [1.165, 1.54) is 28.3 Å². The lowest BCUT2D eigenvalue weighted by molar-refractivity contribution is 0.935. The van der Waals surface area contributed by atoms with Crippen LogP contribution in [0.3, 0.4) is 0 Å². The Morgan fingerprint density at radius 3 is 2.65 bits per heavy atom. The number of hydrogen-bond acceptors (Lipinski definition) is 6. The van der Waals surface area contributed by atoms with Crippen molar-refractivity contribution >= 4 is 49.9 Å². The molecule has 1 N–H and O–H groups in total. The lowest BCUT2D eigenvalue weighted by Gasteiger charge is -2.07. The third-order valence-electron chi connectivity index (χ3n) is 6.04. The maximum atomic E-state index is 13.1. The van der Waals surface area contributed by atoms with Crippen molar-refractivity contribution in [1.82, 2.24) is 24.6 Å². The van der Waals surface area contributed by atoms with Crippen LogP contribution in [0.15, 0.2) is 64.5 Å². The highest BCUT2D eigenvalue weighted by atomic mass is 32.2. The molecule has 0 aliphatic carbocycles. The summed E-state index contributed by atoms with van der Waals surface area (Å²) in [7, 11) is 0. The molecule has 6 aromatic rings. The number of nitrogens with zero attached hydrogens (tertiary/aromatic N) is 4. The minimum absolute atomic E-state index is 0.104. The lowest BCUT2D eigenvalue weighted by Crippen LogP contribution is -2.11. The zero-order valence-electron chi connectivity index (χ0n) is 18.9. The molecule has 2 aromatic carbocycles. The second kappa shape index (κ2) is 8.07. The number of nitrogens with one attached hydrogen (secondary N) is 1. The summed E-state index contributed by atoms with van der Waals surface area (Å²) in [4.78, 5) is 22.8. The van der Waals surface area contributed by atoms with Crippen molar-refractivity contribution in [3.63, 3.8) is 0 Å². The van der Waals surface area contributed by atoms with Crippen LogP contribution in [0.5, 0.6) is 0 Å². The Hall–Kier alpha value is -3.49. The van der Waals surface area contributed by atoms with Crippen LogP contribution in [0.4, 0.5) is 0 Å². The number of aromatic amines is 1. The monoisotopic (exact) mass is 483 g/mol. The summed E-state index contributed by atoms with van der Waals surface area (Å²) in [5, 5.41) is 11.4. The van der Waals surface area contributed by atoms with Crippen LogP contribution in [-0.4, -0.2) is 24.6 Å². The summed E-state index contributed by atoms with van der Waals surface area (Å²) in [5.74, 6) is 1.12. The zero-order valence-corrected chi connectivity index (χ0v) is 20.5. The number of aryl methyl sites for hydroxylation is 3. The second-order valence-corrected chi connectivity index (χ2v) is 10.5. The Balaban J connectivity index is 1.38. The molecule has 168 valence electrons. The smallest absolute Gasteiger partial charge is 0.260 e. The average Bonchev–Trinajstić information content (AvgIpc) is 3.39. The molecular formula is C26H21N5OS2. The first-order valence-corrected chi connectivity index (χ1v) is 12.8. The van der Waals surface area contributed by atoms with Gasteiger partial charge < -0.3 is 4.98 Å². The molecule has 0 unspecified atom stereocenters. The van der Waals surface area contributed by atoms with Crippen LogP contribution in [0.25, 0.3) is 37.9 Å². The molecule has 0 spiro atoms. The third kappa shape index (κ3) is 3.41. The van der Waals surface area contributed by atoms with E-state index in [1.54, 1.807) is 11.3 Å². The largest absolute Gasteiger partial charge is 0.309 e. The number of hydrogen-bond donors (Lipinski definition) is 1. The third-order valence-corrected chi connectivity index (χ3v) is 7.98. The molecule has 0 bridgehead atoms. The van der Waals surface area contributed by atoms with Crippen molar-refractivity contribution in [2.45, 2.75) is 31.7 Å². The first kappa shape index (κ1) is 21.1. The maximum absolute atomic E-state index is 13.1. The summed E-state index contributed by atoms with van der Waals surface area (Å²) < 4.78 is 2.06. The van der Waals surface area contributed by atoms with Crippen molar-refractivity contribution in [2.24, 2.45) is 0 Å². The van der Waals surface area contributed by atoms with E-state index in [1.807, 2.05) is 25.1 Å². The summed E-state index contributed by atoms with van der Waals surface area (Å²) in [6.07, 6.45) is 0. The molecular weight excluding hydrogens is 462 g/mol. The molecule has 0 atom stereocenters.